The Hall–Kier alpha value is -0.670. The lowest BCUT2D eigenvalue weighted by atomic mass is 10.3. The van der Waals surface area contributed by atoms with Gasteiger partial charge in [-0.1, -0.05) is 31.4 Å². The molecule has 0 saturated carbocycles. The summed E-state index contributed by atoms with van der Waals surface area (Å²) < 4.78 is 13.0. The Morgan fingerprint density at radius 1 is 1.50 bits per heavy atom. The van der Waals surface area contributed by atoms with Gasteiger partial charge in [-0.05, 0) is 19.7 Å². The summed E-state index contributed by atoms with van der Waals surface area (Å²) >= 11 is 0. The molecule has 0 bridgehead atoms. The average molecular weight is 185 g/mol. The van der Waals surface area contributed by atoms with E-state index >= 15 is 0 Å². The van der Waals surface area contributed by atoms with Crippen LogP contribution in [-0.4, -0.2) is 28.4 Å². The van der Waals surface area contributed by atoms with Crippen LogP contribution in [0.1, 0.15) is 0 Å². The Kier molecular flexibility index (Phi) is 5.58. The van der Waals surface area contributed by atoms with Crippen LogP contribution in [-0.2, 0) is 11.0 Å². The van der Waals surface area contributed by atoms with Gasteiger partial charge in [-0.2, -0.15) is 0 Å². The molecule has 0 N–H and O–H groups in total. The molecule has 0 radical (unpaired) electrons. The van der Waals surface area contributed by atoms with E-state index in [4.69, 9.17) is 0 Å². The number of allylic oxidation sites excluding steroid dienone is 3. The van der Waals surface area contributed by atoms with Crippen molar-refractivity contribution in [1.82, 2.24) is 4.31 Å². The summed E-state index contributed by atoms with van der Waals surface area (Å²) in [6, 6.07) is 0. The van der Waals surface area contributed by atoms with Gasteiger partial charge in [0.1, 0.15) is 0 Å². The minimum atomic E-state index is -0.957. The van der Waals surface area contributed by atoms with Gasteiger partial charge >= 0.3 is 0 Å². The van der Waals surface area contributed by atoms with Crippen LogP contribution in [0.4, 0.5) is 0 Å². The van der Waals surface area contributed by atoms with Crippen molar-refractivity contribution in [2.24, 2.45) is 0 Å². The van der Waals surface area contributed by atoms with E-state index in [0.717, 1.165) is 5.57 Å². The number of nitrogens with zero attached hydrogens (tertiary/aromatic N) is 1. The van der Waals surface area contributed by atoms with E-state index in [1.54, 1.807) is 30.6 Å². The first-order chi connectivity index (χ1) is 5.61. The average Bonchev–Trinajstić information content (AvgIpc) is 2.03. The first kappa shape index (κ1) is 11.3. The standard InChI is InChI=1S/C9H15NOS/c1-5-7-9(6-2)8-12(11)10(3)4/h5-7H,1-2,8H2,3-4H3/b9-7+. The largest absolute Gasteiger partial charge is 0.242 e. The minimum absolute atomic E-state index is 0.502. The van der Waals surface area contributed by atoms with Crippen LogP contribution in [0.2, 0.25) is 0 Å². The van der Waals surface area contributed by atoms with Crippen LogP contribution in [0.3, 0.4) is 0 Å². The lowest BCUT2D eigenvalue weighted by Gasteiger charge is -2.08. The predicted octanol–water partition coefficient (Wildman–Crippen LogP) is 1.51. The fourth-order valence-electron chi connectivity index (χ4n) is 0.598. The van der Waals surface area contributed by atoms with Crippen LogP contribution in [0, 0.1) is 0 Å². The van der Waals surface area contributed by atoms with Gasteiger partial charge in [0.2, 0.25) is 0 Å². The van der Waals surface area contributed by atoms with Crippen LogP contribution in [0.25, 0.3) is 0 Å². The lowest BCUT2D eigenvalue weighted by Crippen LogP contribution is -2.18. The molecule has 12 heavy (non-hydrogen) atoms. The lowest BCUT2D eigenvalue weighted by molar-refractivity contribution is 0.605. The fourth-order valence-corrected chi connectivity index (χ4v) is 1.36. The highest BCUT2D eigenvalue weighted by Crippen LogP contribution is 2.00. The SMILES string of the molecule is C=C/C=C(\C=C)CS(=O)N(C)C. The number of rotatable bonds is 5. The zero-order valence-electron chi connectivity index (χ0n) is 7.62. The molecule has 0 aromatic rings. The minimum Gasteiger partial charge on any atom is -0.242 e. The topological polar surface area (TPSA) is 20.3 Å². The van der Waals surface area contributed by atoms with Crippen molar-refractivity contribution in [3.05, 3.63) is 37.0 Å². The molecule has 0 saturated heterocycles. The second-order valence-electron chi connectivity index (χ2n) is 2.46. The smallest absolute Gasteiger partial charge is 0.0982 e. The summed E-state index contributed by atoms with van der Waals surface area (Å²) in [6.45, 7) is 7.19. The van der Waals surface area contributed by atoms with Crippen LogP contribution in [0.5, 0.6) is 0 Å². The van der Waals surface area contributed by atoms with E-state index in [2.05, 4.69) is 13.2 Å². The molecule has 0 heterocycles. The molecule has 0 amide bonds. The van der Waals surface area contributed by atoms with Crippen LogP contribution >= 0.6 is 0 Å². The van der Waals surface area contributed by atoms with Gasteiger partial charge in [0, 0.05) is 0 Å². The van der Waals surface area contributed by atoms with Crippen molar-refractivity contribution in [1.29, 1.82) is 0 Å². The molecule has 0 aliphatic carbocycles. The van der Waals surface area contributed by atoms with Gasteiger partial charge in [0.15, 0.2) is 0 Å². The van der Waals surface area contributed by atoms with E-state index < -0.39 is 11.0 Å². The van der Waals surface area contributed by atoms with Crippen LogP contribution in [0.15, 0.2) is 37.0 Å². The Morgan fingerprint density at radius 3 is 2.42 bits per heavy atom. The van der Waals surface area contributed by atoms with Crippen molar-refractivity contribution in [3.63, 3.8) is 0 Å². The molecule has 0 aliphatic rings. The molecule has 0 spiro atoms. The Balaban J connectivity index is 4.21. The van der Waals surface area contributed by atoms with Crippen molar-refractivity contribution < 1.29 is 4.21 Å². The fraction of sp³-hybridized carbons (Fsp3) is 0.333. The zero-order chi connectivity index (χ0) is 9.56. The van der Waals surface area contributed by atoms with Gasteiger partial charge in [-0.3, -0.25) is 0 Å². The van der Waals surface area contributed by atoms with Gasteiger partial charge < -0.3 is 0 Å². The van der Waals surface area contributed by atoms with Gasteiger partial charge in [-0.15, -0.1) is 0 Å². The Bertz CT molecular complexity index is 219. The van der Waals surface area contributed by atoms with Crippen molar-refractivity contribution >= 4 is 11.0 Å². The summed E-state index contributed by atoms with van der Waals surface area (Å²) in [7, 11) is 2.61. The van der Waals surface area contributed by atoms with Crippen LogP contribution < -0.4 is 0 Å². The Labute approximate surface area is 76.9 Å². The third-order valence-corrected chi connectivity index (χ3v) is 2.69. The van der Waals surface area contributed by atoms with Crippen molar-refractivity contribution in [3.8, 4) is 0 Å². The third-order valence-electron chi connectivity index (χ3n) is 1.29. The number of hydrogen-bond acceptors (Lipinski definition) is 1. The second kappa shape index (κ2) is 5.91. The molecule has 0 aliphatic heterocycles. The highest BCUT2D eigenvalue weighted by atomic mass is 32.2. The maximum atomic E-state index is 11.3. The van der Waals surface area contributed by atoms with E-state index in [1.165, 1.54) is 0 Å². The predicted molar refractivity (Wildman–Crippen MR) is 55.2 cm³/mol. The van der Waals surface area contributed by atoms with Gasteiger partial charge in [0.25, 0.3) is 0 Å². The summed E-state index contributed by atoms with van der Waals surface area (Å²) in [5.41, 5.74) is 0.942. The molecule has 1 atom stereocenters. The quantitative estimate of drug-likeness (QED) is 0.595. The molecule has 3 heteroatoms. The summed E-state index contributed by atoms with van der Waals surface area (Å²) in [4.78, 5) is 0. The summed E-state index contributed by atoms with van der Waals surface area (Å²) in [6.07, 6.45) is 5.18. The molecule has 0 fully saturated rings. The van der Waals surface area contributed by atoms with E-state index in [1.807, 2.05) is 6.08 Å². The molecule has 68 valence electrons. The molecule has 0 aromatic heterocycles. The molecule has 2 nitrogen and oxygen atoms in total. The van der Waals surface area contributed by atoms with E-state index in [0.29, 0.717) is 5.75 Å². The Morgan fingerprint density at radius 2 is 2.08 bits per heavy atom. The molecule has 0 aromatic carbocycles. The maximum absolute atomic E-state index is 11.3. The molecule has 0 rings (SSSR count). The molecule has 1 unspecified atom stereocenters. The molecular weight excluding hydrogens is 170 g/mol. The first-order valence-corrected chi connectivity index (χ1v) is 4.89. The second-order valence-corrected chi connectivity index (χ2v) is 4.12. The monoisotopic (exact) mass is 185 g/mol. The number of hydrogen-bond donors (Lipinski definition) is 0. The van der Waals surface area contributed by atoms with Crippen molar-refractivity contribution in [2.75, 3.05) is 19.8 Å². The van der Waals surface area contributed by atoms with Crippen molar-refractivity contribution in [2.45, 2.75) is 0 Å². The van der Waals surface area contributed by atoms with Gasteiger partial charge in [0.05, 0.1) is 16.7 Å². The molecular formula is C9H15NOS. The van der Waals surface area contributed by atoms with Gasteiger partial charge in [-0.25, -0.2) is 8.51 Å². The summed E-state index contributed by atoms with van der Waals surface area (Å²) in [5.74, 6) is 0.502. The third kappa shape index (κ3) is 4.26. The highest BCUT2D eigenvalue weighted by molar-refractivity contribution is 7.82. The highest BCUT2D eigenvalue weighted by Gasteiger charge is 2.02. The zero-order valence-corrected chi connectivity index (χ0v) is 8.43. The first-order valence-electron chi connectivity index (χ1n) is 3.61. The van der Waals surface area contributed by atoms with E-state index in [-0.39, 0.29) is 0 Å². The van der Waals surface area contributed by atoms with E-state index in [9.17, 15) is 4.21 Å². The summed E-state index contributed by atoms with van der Waals surface area (Å²) in [5, 5.41) is 0. The maximum Gasteiger partial charge on any atom is 0.0982 e. The normalized spacial score (nSPS) is 14.4.